The lowest BCUT2D eigenvalue weighted by atomic mass is 9.93. The zero-order valence-corrected chi connectivity index (χ0v) is 44.1. The number of benzene rings is 2. The van der Waals surface area contributed by atoms with Gasteiger partial charge in [-0.15, -0.1) is 31.2 Å². The molecule has 1 aliphatic heterocycles. The molecule has 0 saturated heterocycles. The average molecular weight is 1070 g/mol. The highest BCUT2D eigenvalue weighted by molar-refractivity contribution is 7.94. The number of rotatable bonds is 18. The predicted molar refractivity (Wildman–Crippen MR) is 272 cm³/mol. The molecule has 0 radical (unpaired) electrons. The normalized spacial score (nSPS) is 13.9. The zero-order chi connectivity index (χ0) is 52.3. The molecule has 2 atom stereocenters. The van der Waals surface area contributed by atoms with Gasteiger partial charge >= 0.3 is 5.97 Å². The number of carboxylic acid groups (broad SMARTS) is 1. The maximum Gasteiger partial charge on any atom is 0.317 e. The second kappa shape index (κ2) is 33.6. The SMILES string of the molecule is C#CC(C)Oc1cc(N2C(=O)C3=C(CCCC3)C2=O)c(F)cc1Cl.C=CCN(CC=C)C(=O)C(Cl)Cl.CCc1cccc(CC)c1N(COC)C(=O)CCl.C[S+](C)C.O=C(O)CNCP(=O)([O-])O. The van der Waals surface area contributed by atoms with Crippen LogP contribution in [0.2, 0.25) is 5.02 Å². The fraction of sp³-hybridized carbons (Fsp3) is 0.457. The number of alkyl halides is 3. The van der Waals surface area contributed by atoms with E-state index in [4.69, 9.17) is 72.3 Å². The molecular weight excluding hydrogens is 1010 g/mol. The number of hydrogen-bond acceptors (Lipinski definition) is 10. The van der Waals surface area contributed by atoms with Gasteiger partial charge in [-0.05, 0) is 73.5 Å². The third kappa shape index (κ3) is 22.7. The number of terminal acetylenes is 1. The molecule has 68 heavy (non-hydrogen) atoms. The van der Waals surface area contributed by atoms with Crippen LogP contribution in [-0.2, 0) is 57.0 Å². The Morgan fingerprint density at radius 2 is 1.56 bits per heavy atom. The number of nitrogens with zero attached hydrogens (tertiary/aromatic N) is 3. The van der Waals surface area contributed by atoms with E-state index in [-0.39, 0.29) is 40.9 Å². The van der Waals surface area contributed by atoms with Crippen molar-refractivity contribution in [3.05, 3.63) is 88.8 Å². The molecule has 4 rings (SSSR count). The van der Waals surface area contributed by atoms with E-state index in [1.807, 2.05) is 23.5 Å². The molecule has 0 fully saturated rings. The van der Waals surface area contributed by atoms with E-state index in [9.17, 15) is 37.8 Å². The minimum Gasteiger partial charge on any atom is -0.778 e. The van der Waals surface area contributed by atoms with Crippen molar-refractivity contribution in [2.24, 2.45) is 0 Å². The summed E-state index contributed by atoms with van der Waals surface area (Å²) in [7, 11) is -2.13. The molecule has 22 heteroatoms. The average Bonchev–Trinajstić information content (AvgIpc) is 3.53. The third-order valence-electron chi connectivity index (χ3n) is 8.86. The minimum atomic E-state index is -4.35. The van der Waals surface area contributed by atoms with Gasteiger partial charge in [0, 0.05) is 37.4 Å². The predicted octanol–water partition coefficient (Wildman–Crippen LogP) is 7.26. The van der Waals surface area contributed by atoms with E-state index in [2.05, 4.69) is 51.7 Å². The van der Waals surface area contributed by atoms with Gasteiger partial charge in [0.15, 0.2) is 10.9 Å². The van der Waals surface area contributed by atoms with Gasteiger partial charge in [0.1, 0.15) is 31.8 Å². The van der Waals surface area contributed by atoms with Crippen LogP contribution in [0.15, 0.2) is 66.8 Å². The summed E-state index contributed by atoms with van der Waals surface area (Å²) < 4.78 is 34.9. The number of nitrogens with one attached hydrogen (secondary N) is 1. The van der Waals surface area contributed by atoms with E-state index in [1.165, 1.54) is 11.0 Å². The van der Waals surface area contributed by atoms with Crippen molar-refractivity contribution in [1.82, 2.24) is 10.2 Å². The molecule has 15 nitrogen and oxygen atoms in total. The number of methoxy groups -OCH3 is 1. The van der Waals surface area contributed by atoms with Crippen LogP contribution in [-0.4, -0.2) is 120 Å². The van der Waals surface area contributed by atoms with Gasteiger partial charge in [0.2, 0.25) is 5.91 Å². The fourth-order valence-corrected chi connectivity index (χ4v) is 7.00. The monoisotopic (exact) mass is 1070 g/mol. The van der Waals surface area contributed by atoms with E-state index in [0.29, 0.717) is 48.0 Å². The molecule has 0 aromatic heterocycles. The molecule has 3 N–H and O–H groups in total. The first-order valence-electron chi connectivity index (χ1n) is 20.8. The van der Waals surface area contributed by atoms with Gasteiger partial charge in [-0.25, -0.2) is 9.29 Å². The van der Waals surface area contributed by atoms with Crippen molar-refractivity contribution in [3.63, 3.8) is 0 Å². The van der Waals surface area contributed by atoms with Crippen LogP contribution < -0.4 is 24.7 Å². The lowest BCUT2D eigenvalue weighted by molar-refractivity contribution is -0.193. The van der Waals surface area contributed by atoms with Crippen LogP contribution >= 0.6 is 54.0 Å². The molecule has 0 spiro atoms. The molecule has 1 heterocycles. The number of aliphatic carboxylic acids is 1. The van der Waals surface area contributed by atoms with E-state index >= 15 is 0 Å². The largest absolute Gasteiger partial charge is 0.778 e. The standard InChI is InChI=1S/C18H15ClFNO3.C14H20ClNO2.C8H11Cl2NO.C3H8NO5P.C3H9S/c1-3-10(2)24-16-9-15(14(20)8-13(16)19)21-17(22)11-6-4-5-7-12(11)18(21)23;1-4-11-7-6-8-12(5-2)14(11)16(10-18-3)13(17)9-15;1-3-5-11(6-4-2)8(12)7(9)10;5-3(6)1-4-2-10(7,8)9;1-4(2)3/h1,8-10H,4-7H2,2H3;6-8H,4-5,9-10H2,1-3H3;3-4,7H,1-2,5-6H2;4H,1-2H2,(H,5,6)(H2,7,8,9);1-3H3/q;;;;+1/p-1. The molecule has 0 saturated carbocycles. The molecule has 4 amide bonds. The first kappa shape index (κ1) is 64.1. The van der Waals surface area contributed by atoms with Crippen molar-refractivity contribution in [2.45, 2.75) is 70.2 Å². The summed E-state index contributed by atoms with van der Waals surface area (Å²) in [5, 5.41) is 10.00. The van der Waals surface area contributed by atoms with Crippen molar-refractivity contribution < 1.29 is 57.3 Å². The minimum absolute atomic E-state index is 0.0233. The van der Waals surface area contributed by atoms with Gasteiger partial charge in [-0.3, -0.25) is 34.2 Å². The first-order valence-corrected chi connectivity index (χ1v) is 26.8. The van der Waals surface area contributed by atoms with Gasteiger partial charge in [0.05, 0.1) is 48.0 Å². The zero-order valence-electron chi connectivity index (χ0n) is 39.3. The lowest BCUT2D eigenvalue weighted by Crippen LogP contribution is -2.35. The van der Waals surface area contributed by atoms with Crippen molar-refractivity contribution in [3.8, 4) is 18.1 Å². The van der Waals surface area contributed by atoms with Gasteiger partial charge in [0.25, 0.3) is 17.7 Å². The van der Waals surface area contributed by atoms with Crippen LogP contribution in [0.4, 0.5) is 15.8 Å². The summed E-state index contributed by atoms with van der Waals surface area (Å²) in [5.74, 6) is -0.854. The smallest absolute Gasteiger partial charge is 0.317 e. The second-order valence-electron chi connectivity index (χ2n) is 14.7. The maximum absolute atomic E-state index is 14.4. The number of para-hydroxylation sites is 1. The summed E-state index contributed by atoms with van der Waals surface area (Å²) in [6, 6.07) is 8.38. The highest BCUT2D eigenvalue weighted by Gasteiger charge is 2.41. The number of ether oxygens (including phenoxy) is 2. The highest BCUT2D eigenvalue weighted by atomic mass is 35.5. The number of carbonyl (C=O) groups is 5. The van der Waals surface area contributed by atoms with Crippen molar-refractivity contribution in [1.29, 1.82) is 0 Å². The lowest BCUT2D eigenvalue weighted by Gasteiger charge is -2.26. The third-order valence-corrected chi connectivity index (χ3v) is 10.4. The number of amides is 4. The Hall–Kier alpha value is -3.92. The van der Waals surface area contributed by atoms with Crippen LogP contribution in [0.5, 0.6) is 5.75 Å². The van der Waals surface area contributed by atoms with Gasteiger partial charge in [-0.1, -0.05) is 84.9 Å². The van der Waals surface area contributed by atoms with Crippen LogP contribution in [0.3, 0.4) is 0 Å². The summed E-state index contributed by atoms with van der Waals surface area (Å²) in [5.41, 5.74) is 4.05. The van der Waals surface area contributed by atoms with Crippen LogP contribution in [0.25, 0.3) is 0 Å². The number of carboxylic acids is 1. The van der Waals surface area contributed by atoms with E-state index in [1.54, 1.807) is 31.1 Å². The topological polar surface area (TPSA) is 206 Å². The van der Waals surface area contributed by atoms with E-state index in [0.717, 1.165) is 53.5 Å². The number of carbonyl (C=O) groups excluding carboxylic acids is 4. The maximum atomic E-state index is 14.4. The Bertz CT molecular complexity index is 2090. The number of aryl methyl sites for hydroxylation is 2. The van der Waals surface area contributed by atoms with Crippen LogP contribution in [0, 0.1) is 18.2 Å². The Kier molecular flexibility index (Phi) is 31.6. The quantitative estimate of drug-likeness (QED) is 0.0257. The molecule has 0 bridgehead atoms. The summed E-state index contributed by atoms with van der Waals surface area (Å²) in [6.45, 7) is 13.4. The number of hydrogen-bond donors (Lipinski definition) is 3. The fourth-order valence-electron chi connectivity index (χ4n) is 6.00. The molecule has 1 aliphatic carbocycles. The first-order chi connectivity index (χ1) is 31.9. The Morgan fingerprint density at radius 1 is 1.06 bits per heavy atom. The molecule has 2 aromatic carbocycles. The summed E-state index contributed by atoms with van der Waals surface area (Å²) >= 11 is 22.4. The molecule has 378 valence electrons. The molecule has 2 unspecified atom stereocenters. The highest BCUT2D eigenvalue weighted by Crippen LogP contribution is 2.40. The Balaban J connectivity index is 0.000000904. The van der Waals surface area contributed by atoms with E-state index < -0.39 is 55.0 Å². The number of anilines is 2. The number of imide groups is 1. The summed E-state index contributed by atoms with van der Waals surface area (Å²) in [4.78, 5) is 79.0. The second-order valence-corrected chi connectivity index (χ2v) is 20.5. The Morgan fingerprint density at radius 3 is 1.94 bits per heavy atom. The number of halogens is 5. The molecular formula is C46H62Cl4FN4O11PS. The van der Waals surface area contributed by atoms with Gasteiger partial charge in [-0.2, -0.15) is 0 Å². The van der Waals surface area contributed by atoms with Gasteiger partial charge < -0.3 is 33.8 Å². The molecule has 2 aliphatic rings. The Labute approximate surface area is 422 Å². The molecule has 2 aromatic rings. The van der Waals surface area contributed by atoms with Crippen LogP contribution in [0.1, 0.15) is 57.6 Å². The van der Waals surface area contributed by atoms with Crippen molar-refractivity contribution in [2.75, 3.05) is 74.2 Å². The summed E-state index contributed by atoms with van der Waals surface area (Å²) in [6.07, 6.45) is 18.3. The van der Waals surface area contributed by atoms with Crippen molar-refractivity contribution >= 4 is 106 Å².